The number of anilines is 1. The molecule has 1 amide bonds. The lowest BCUT2D eigenvalue weighted by Crippen LogP contribution is -2.35. The first-order valence-corrected chi connectivity index (χ1v) is 6.94. The van der Waals surface area contributed by atoms with E-state index in [9.17, 15) is 4.79 Å². The molecule has 7 heteroatoms. The van der Waals surface area contributed by atoms with Gasteiger partial charge in [-0.05, 0) is 18.0 Å². The van der Waals surface area contributed by atoms with Crippen molar-refractivity contribution in [2.24, 2.45) is 0 Å². The van der Waals surface area contributed by atoms with Gasteiger partial charge >= 0.3 is 0 Å². The number of fused-ring (bicyclic) bond motifs is 1. The Morgan fingerprint density at radius 2 is 2.32 bits per heavy atom. The van der Waals surface area contributed by atoms with Crippen molar-refractivity contribution in [3.05, 3.63) is 17.3 Å². The largest absolute Gasteiger partial charge is 0.383 e. The van der Waals surface area contributed by atoms with Crippen molar-refractivity contribution in [2.45, 2.75) is 13.5 Å². The van der Waals surface area contributed by atoms with E-state index in [2.05, 4.69) is 15.3 Å². The number of hydrogen-bond donors (Lipinski definition) is 2. The molecule has 0 aromatic carbocycles. The van der Waals surface area contributed by atoms with Gasteiger partial charge in [0.25, 0.3) is 0 Å². The summed E-state index contributed by atoms with van der Waals surface area (Å²) in [7, 11) is 1.63. The Balaban J connectivity index is 2.17. The molecule has 0 bridgehead atoms. The average molecular weight is 279 g/mol. The lowest BCUT2D eigenvalue weighted by Gasteiger charge is -2.18. The fraction of sp³-hybridized carbons (Fsp3) is 0.417. The maximum absolute atomic E-state index is 11.4. The van der Waals surface area contributed by atoms with Crippen LogP contribution < -0.4 is 11.1 Å². The number of nitrogens with one attached hydrogen (secondary N) is 1. The first-order valence-electron chi connectivity index (χ1n) is 6.06. The van der Waals surface area contributed by atoms with Crippen LogP contribution in [-0.4, -0.2) is 40.9 Å². The zero-order valence-electron chi connectivity index (χ0n) is 11.0. The van der Waals surface area contributed by atoms with Crippen molar-refractivity contribution in [3.63, 3.8) is 0 Å². The maximum Gasteiger partial charge on any atom is 0.233 e. The van der Waals surface area contributed by atoms with Gasteiger partial charge in [-0.2, -0.15) is 0 Å². The van der Waals surface area contributed by atoms with Gasteiger partial charge in [0.1, 0.15) is 16.5 Å². The predicted molar refractivity (Wildman–Crippen MR) is 76.8 cm³/mol. The van der Waals surface area contributed by atoms with Gasteiger partial charge in [0.15, 0.2) is 0 Å². The minimum Gasteiger partial charge on any atom is -0.383 e. The summed E-state index contributed by atoms with van der Waals surface area (Å²) in [5.74, 6) is 1.13. The van der Waals surface area contributed by atoms with Crippen molar-refractivity contribution in [2.75, 3.05) is 25.9 Å². The third kappa shape index (κ3) is 3.18. The highest BCUT2D eigenvalue weighted by Gasteiger charge is 2.12. The van der Waals surface area contributed by atoms with Gasteiger partial charge in [-0.3, -0.25) is 9.69 Å². The molecular formula is C12H17N5OS. The molecular weight excluding hydrogens is 262 g/mol. The van der Waals surface area contributed by atoms with E-state index < -0.39 is 0 Å². The highest BCUT2D eigenvalue weighted by Crippen LogP contribution is 2.23. The predicted octanol–water partition coefficient (Wildman–Crippen LogP) is 0.841. The number of aromatic nitrogens is 2. The first-order chi connectivity index (χ1) is 9.13. The molecule has 2 rings (SSSR count). The molecule has 0 unspecified atom stereocenters. The Hall–Kier alpha value is -1.73. The molecule has 0 aliphatic carbocycles. The second-order valence-corrected chi connectivity index (χ2v) is 5.04. The van der Waals surface area contributed by atoms with Gasteiger partial charge in [0.05, 0.1) is 18.5 Å². The zero-order chi connectivity index (χ0) is 13.8. The number of carbonyl (C=O) groups excluding carboxylic acids is 1. The molecule has 2 aromatic rings. The molecule has 0 aliphatic rings. The quantitative estimate of drug-likeness (QED) is 0.847. The SMILES string of the molecule is CCN(CC(=O)NC)Cc1nc(N)c2ccsc2n1. The summed E-state index contributed by atoms with van der Waals surface area (Å²) < 4.78 is 0. The van der Waals surface area contributed by atoms with Gasteiger partial charge < -0.3 is 11.1 Å². The first kappa shape index (κ1) is 13.7. The molecule has 0 saturated heterocycles. The van der Waals surface area contributed by atoms with E-state index in [0.717, 1.165) is 16.8 Å². The standard InChI is InChI=1S/C12H17N5OS/c1-3-17(7-10(18)14-2)6-9-15-11(13)8-4-5-19-12(8)16-9/h4-5H,3,6-7H2,1-2H3,(H,14,18)(H2,13,15,16). The minimum absolute atomic E-state index is 0.0213. The van der Waals surface area contributed by atoms with E-state index in [0.29, 0.717) is 24.7 Å². The number of rotatable bonds is 5. The van der Waals surface area contributed by atoms with Crippen molar-refractivity contribution < 1.29 is 4.79 Å². The Bertz CT molecular complexity index is 583. The van der Waals surface area contributed by atoms with Gasteiger partial charge in [-0.1, -0.05) is 6.92 Å². The van der Waals surface area contributed by atoms with Crippen molar-refractivity contribution >= 4 is 33.3 Å². The molecule has 102 valence electrons. The second-order valence-electron chi connectivity index (χ2n) is 4.14. The zero-order valence-corrected chi connectivity index (χ0v) is 11.8. The number of amides is 1. The van der Waals surface area contributed by atoms with Crippen molar-refractivity contribution in [1.29, 1.82) is 0 Å². The second kappa shape index (κ2) is 5.94. The van der Waals surface area contributed by atoms with Gasteiger partial charge in [-0.15, -0.1) is 11.3 Å². The number of nitrogen functional groups attached to an aromatic ring is 1. The number of carbonyl (C=O) groups is 1. The summed E-state index contributed by atoms with van der Waals surface area (Å²) in [6.07, 6.45) is 0. The van der Waals surface area contributed by atoms with E-state index in [1.807, 2.05) is 23.3 Å². The molecule has 0 saturated carbocycles. The maximum atomic E-state index is 11.4. The highest BCUT2D eigenvalue weighted by atomic mass is 32.1. The average Bonchev–Trinajstić information content (AvgIpc) is 2.86. The normalized spacial score (nSPS) is 11.1. The molecule has 3 N–H and O–H groups in total. The van der Waals surface area contributed by atoms with Gasteiger partial charge in [0.2, 0.25) is 5.91 Å². The Labute approximate surface area is 115 Å². The van der Waals surface area contributed by atoms with Crippen molar-refractivity contribution in [3.8, 4) is 0 Å². The summed E-state index contributed by atoms with van der Waals surface area (Å²) in [5, 5.41) is 5.45. The van der Waals surface area contributed by atoms with Crippen LogP contribution in [0.15, 0.2) is 11.4 Å². The van der Waals surface area contributed by atoms with E-state index in [-0.39, 0.29) is 5.91 Å². The number of nitrogens with two attached hydrogens (primary N) is 1. The Morgan fingerprint density at radius 3 is 3.00 bits per heavy atom. The molecule has 0 atom stereocenters. The molecule has 0 spiro atoms. The summed E-state index contributed by atoms with van der Waals surface area (Å²) in [6.45, 7) is 3.59. The summed E-state index contributed by atoms with van der Waals surface area (Å²) >= 11 is 1.54. The third-order valence-electron chi connectivity index (χ3n) is 2.86. The van der Waals surface area contributed by atoms with E-state index in [1.54, 1.807) is 7.05 Å². The highest BCUT2D eigenvalue weighted by molar-refractivity contribution is 7.16. The topological polar surface area (TPSA) is 84.1 Å². The minimum atomic E-state index is -0.0213. The third-order valence-corrected chi connectivity index (χ3v) is 3.67. The number of thiophene rings is 1. The molecule has 0 radical (unpaired) electrons. The molecule has 6 nitrogen and oxygen atoms in total. The molecule has 19 heavy (non-hydrogen) atoms. The summed E-state index contributed by atoms with van der Waals surface area (Å²) in [6, 6.07) is 1.92. The van der Waals surface area contributed by atoms with Crippen LogP contribution in [0.4, 0.5) is 5.82 Å². The molecule has 2 heterocycles. The Kier molecular flexibility index (Phi) is 4.28. The lowest BCUT2D eigenvalue weighted by molar-refractivity contribution is -0.121. The van der Waals surface area contributed by atoms with E-state index in [1.165, 1.54) is 11.3 Å². The van der Waals surface area contributed by atoms with Gasteiger partial charge in [0, 0.05) is 7.05 Å². The van der Waals surface area contributed by atoms with E-state index in [4.69, 9.17) is 5.73 Å². The van der Waals surface area contributed by atoms with Crippen LogP contribution in [-0.2, 0) is 11.3 Å². The summed E-state index contributed by atoms with van der Waals surface area (Å²) in [4.78, 5) is 23.0. The fourth-order valence-corrected chi connectivity index (χ4v) is 2.55. The summed E-state index contributed by atoms with van der Waals surface area (Å²) in [5.41, 5.74) is 5.90. The van der Waals surface area contributed by atoms with Crippen LogP contribution in [0.2, 0.25) is 0 Å². The fourth-order valence-electron chi connectivity index (χ4n) is 1.76. The van der Waals surface area contributed by atoms with Gasteiger partial charge in [-0.25, -0.2) is 9.97 Å². The van der Waals surface area contributed by atoms with Crippen LogP contribution in [0, 0.1) is 0 Å². The number of hydrogen-bond acceptors (Lipinski definition) is 6. The van der Waals surface area contributed by atoms with Crippen LogP contribution in [0.25, 0.3) is 10.2 Å². The van der Waals surface area contributed by atoms with Crippen LogP contribution in [0.1, 0.15) is 12.7 Å². The van der Waals surface area contributed by atoms with Crippen molar-refractivity contribution in [1.82, 2.24) is 20.2 Å². The lowest BCUT2D eigenvalue weighted by atomic mass is 10.3. The molecule has 0 aliphatic heterocycles. The molecule has 0 fully saturated rings. The van der Waals surface area contributed by atoms with Crippen LogP contribution >= 0.6 is 11.3 Å². The monoisotopic (exact) mass is 279 g/mol. The molecule has 2 aromatic heterocycles. The Morgan fingerprint density at radius 1 is 1.53 bits per heavy atom. The number of nitrogens with zero attached hydrogens (tertiary/aromatic N) is 3. The van der Waals surface area contributed by atoms with Crippen LogP contribution in [0.5, 0.6) is 0 Å². The van der Waals surface area contributed by atoms with E-state index >= 15 is 0 Å². The van der Waals surface area contributed by atoms with Crippen LogP contribution in [0.3, 0.4) is 0 Å². The number of likely N-dealkylation sites (N-methyl/N-ethyl adjacent to an activating group) is 2. The smallest absolute Gasteiger partial charge is 0.233 e.